The first-order valence-electron chi connectivity index (χ1n) is 6.16. The molecule has 0 radical (unpaired) electrons. The van der Waals surface area contributed by atoms with Crippen molar-refractivity contribution >= 4 is 12.0 Å². The Morgan fingerprint density at radius 2 is 1.89 bits per heavy atom. The molecule has 0 aromatic heterocycles. The molecule has 0 unspecified atom stereocenters. The van der Waals surface area contributed by atoms with Crippen LogP contribution in [0.5, 0.6) is 0 Å². The summed E-state index contributed by atoms with van der Waals surface area (Å²) in [5.74, 6) is -0.948. The monoisotopic (exact) mass is 257 g/mol. The number of urea groups is 1. The molecule has 0 saturated heterocycles. The number of amides is 2. The van der Waals surface area contributed by atoms with E-state index in [4.69, 9.17) is 5.11 Å². The molecule has 0 atom stereocenters. The Morgan fingerprint density at radius 3 is 2.22 bits per heavy atom. The van der Waals surface area contributed by atoms with Gasteiger partial charge in [-0.15, -0.1) is 0 Å². The van der Waals surface area contributed by atoms with Crippen LogP contribution in [0, 0.1) is 0 Å². The highest BCUT2D eigenvalue weighted by Gasteiger charge is 2.45. The summed E-state index contributed by atoms with van der Waals surface area (Å²) < 4.78 is 0. The van der Waals surface area contributed by atoms with E-state index in [1.807, 2.05) is 32.8 Å². The highest BCUT2D eigenvalue weighted by atomic mass is 16.4. The summed E-state index contributed by atoms with van der Waals surface area (Å²) in [6, 6.07) is -0.410. The van der Waals surface area contributed by atoms with Gasteiger partial charge in [-0.05, 0) is 47.2 Å². The van der Waals surface area contributed by atoms with E-state index in [0.29, 0.717) is 19.4 Å². The van der Waals surface area contributed by atoms with Gasteiger partial charge in [0.15, 0.2) is 0 Å². The van der Waals surface area contributed by atoms with Crippen LogP contribution in [0.3, 0.4) is 0 Å². The minimum Gasteiger partial charge on any atom is -0.480 e. The lowest BCUT2D eigenvalue weighted by atomic mass is 9.77. The predicted molar refractivity (Wildman–Crippen MR) is 68.5 cm³/mol. The van der Waals surface area contributed by atoms with Crippen LogP contribution in [0.4, 0.5) is 4.79 Å². The number of hydrogen-bond donors (Lipinski definition) is 3. The van der Waals surface area contributed by atoms with Crippen molar-refractivity contribution < 1.29 is 14.7 Å². The normalized spacial score (nSPS) is 18.1. The first-order chi connectivity index (χ1) is 8.19. The number of hydrogen-bond acceptors (Lipinski definition) is 3. The second kappa shape index (κ2) is 5.14. The number of carbonyl (C=O) groups is 2. The Labute approximate surface area is 108 Å². The molecule has 1 aliphatic carbocycles. The average molecular weight is 257 g/mol. The van der Waals surface area contributed by atoms with Crippen LogP contribution in [-0.4, -0.2) is 53.7 Å². The fraction of sp³-hybridized carbons (Fsp3) is 0.833. The van der Waals surface area contributed by atoms with Gasteiger partial charge in [0.2, 0.25) is 0 Å². The second-order valence-electron chi connectivity index (χ2n) is 5.76. The van der Waals surface area contributed by atoms with Crippen molar-refractivity contribution in [2.75, 3.05) is 20.6 Å². The zero-order valence-corrected chi connectivity index (χ0v) is 11.5. The van der Waals surface area contributed by atoms with Crippen molar-refractivity contribution in [3.8, 4) is 0 Å². The van der Waals surface area contributed by atoms with Crippen molar-refractivity contribution in [2.24, 2.45) is 0 Å². The van der Waals surface area contributed by atoms with E-state index in [0.717, 1.165) is 6.42 Å². The van der Waals surface area contributed by atoms with Gasteiger partial charge >= 0.3 is 12.0 Å². The quantitative estimate of drug-likeness (QED) is 0.675. The summed E-state index contributed by atoms with van der Waals surface area (Å²) in [4.78, 5) is 24.8. The molecule has 3 N–H and O–H groups in total. The van der Waals surface area contributed by atoms with E-state index >= 15 is 0 Å². The first kappa shape index (κ1) is 14.8. The van der Waals surface area contributed by atoms with Gasteiger partial charge in [-0.3, -0.25) is 0 Å². The molecule has 104 valence electrons. The SMILES string of the molecule is CN(C)C(C)(C)CNC(=O)NC1(C(=O)O)CCC1. The highest BCUT2D eigenvalue weighted by Crippen LogP contribution is 2.31. The van der Waals surface area contributed by atoms with E-state index in [-0.39, 0.29) is 5.54 Å². The number of nitrogens with one attached hydrogen (secondary N) is 2. The van der Waals surface area contributed by atoms with Crippen LogP contribution in [0.2, 0.25) is 0 Å². The van der Waals surface area contributed by atoms with E-state index in [1.54, 1.807) is 0 Å². The molecule has 0 aliphatic heterocycles. The lowest BCUT2D eigenvalue weighted by Gasteiger charge is -2.39. The molecule has 0 bridgehead atoms. The molecular weight excluding hydrogens is 234 g/mol. The van der Waals surface area contributed by atoms with E-state index in [1.165, 1.54) is 0 Å². The fourth-order valence-corrected chi connectivity index (χ4v) is 1.64. The van der Waals surface area contributed by atoms with Crippen molar-refractivity contribution in [3.63, 3.8) is 0 Å². The summed E-state index contributed by atoms with van der Waals surface area (Å²) in [6.45, 7) is 4.47. The molecule has 1 aliphatic rings. The van der Waals surface area contributed by atoms with Crippen LogP contribution in [0.15, 0.2) is 0 Å². The molecule has 6 nitrogen and oxygen atoms in total. The largest absolute Gasteiger partial charge is 0.480 e. The van der Waals surface area contributed by atoms with Crippen LogP contribution in [0.1, 0.15) is 33.1 Å². The van der Waals surface area contributed by atoms with Gasteiger partial charge in [0.25, 0.3) is 0 Å². The van der Waals surface area contributed by atoms with Crippen molar-refractivity contribution in [3.05, 3.63) is 0 Å². The molecule has 2 amide bonds. The summed E-state index contributed by atoms with van der Waals surface area (Å²) in [5.41, 5.74) is -1.22. The van der Waals surface area contributed by atoms with E-state index < -0.39 is 17.5 Å². The lowest BCUT2D eigenvalue weighted by Crippen LogP contribution is -2.62. The fourth-order valence-electron chi connectivity index (χ4n) is 1.64. The molecule has 0 aromatic rings. The van der Waals surface area contributed by atoms with Crippen molar-refractivity contribution in [1.29, 1.82) is 0 Å². The maximum atomic E-state index is 11.7. The summed E-state index contributed by atoms with van der Waals surface area (Å²) >= 11 is 0. The van der Waals surface area contributed by atoms with Crippen molar-refractivity contribution in [2.45, 2.75) is 44.2 Å². The number of nitrogens with zero attached hydrogens (tertiary/aromatic N) is 1. The van der Waals surface area contributed by atoms with Crippen LogP contribution in [-0.2, 0) is 4.79 Å². The molecule has 6 heteroatoms. The van der Waals surface area contributed by atoms with Gasteiger partial charge in [-0.2, -0.15) is 0 Å². The third kappa shape index (κ3) is 3.13. The van der Waals surface area contributed by atoms with Gasteiger partial charge < -0.3 is 20.6 Å². The lowest BCUT2D eigenvalue weighted by molar-refractivity contribution is -0.148. The predicted octanol–water partition coefficient (Wildman–Crippen LogP) is 0.633. The van der Waals surface area contributed by atoms with Crippen LogP contribution in [0.25, 0.3) is 0 Å². The smallest absolute Gasteiger partial charge is 0.329 e. The molecule has 0 spiro atoms. The first-order valence-corrected chi connectivity index (χ1v) is 6.16. The van der Waals surface area contributed by atoms with Crippen molar-refractivity contribution in [1.82, 2.24) is 15.5 Å². The zero-order chi connectivity index (χ0) is 14.0. The van der Waals surface area contributed by atoms with Gasteiger partial charge in [-0.1, -0.05) is 0 Å². The Kier molecular flexibility index (Phi) is 4.21. The standard InChI is InChI=1S/C12H23N3O3/c1-11(2,15(3)4)8-13-10(18)14-12(9(16)17)6-5-7-12/h5-8H2,1-4H3,(H,16,17)(H2,13,14,18). The number of carboxylic acid groups (broad SMARTS) is 1. The van der Waals surface area contributed by atoms with Gasteiger partial charge in [0.1, 0.15) is 5.54 Å². The van der Waals surface area contributed by atoms with Crippen LogP contribution >= 0.6 is 0 Å². The third-order valence-electron chi connectivity index (χ3n) is 3.86. The highest BCUT2D eigenvalue weighted by molar-refractivity contribution is 5.87. The van der Waals surface area contributed by atoms with Gasteiger partial charge in [-0.25, -0.2) is 9.59 Å². The summed E-state index contributed by atoms with van der Waals surface area (Å²) in [5, 5.41) is 14.4. The minimum absolute atomic E-state index is 0.173. The number of carboxylic acids is 1. The topological polar surface area (TPSA) is 81.7 Å². The Bertz CT molecular complexity index is 335. The number of carbonyl (C=O) groups excluding carboxylic acids is 1. The molecule has 18 heavy (non-hydrogen) atoms. The zero-order valence-electron chi connectivity index (χ0n) is 11.5. The maximum absolute atomic E-state index is 11.7. The summed E-state index contributed by atoms with van der Waals surface area (Å²) in [6.07, 6.45) is 1.86. The Morgan fingerprint density at radius 1 is 1.33 bits per heavy atom. The second-order valence-corrected chi connectivity index (χ2v) is 5.76. The maximum Gasteiger partial charge on any atom is 0.329 e. The third-order valence-corrected chi connectivity index (χ3v) is 3.86. The van der Waals surface area contributed by atoms with Gasteiger partial charge in [0.05, 0.1) is 0 Å². The number of rotatable bonds is 5. The molecule has 1 saturated carbocycles. The Balaban J connectivity index is 2.45. The number of aliphatic carboxylic acids is 1. The molecule has 0 heterocycles. The Hall–Kier alpha value is -1.30. The van der Waals surface area contributed by atoms with E-state index in [2.05, 4.69) is 10.6 Å². The van der Waals surface area contributed by atoms with E-state index in [9.17, 15) is 9.59 Å². The summed E-state index contributed by atoms with van der Waals surface area (Å²) in [7, 11) is 3.87. The van der Waals surface area contributed by atoms with Crippen LogP contribution < -0.4 is 10.6 Å². The number of likely N-dealkylation sites (N-methyl/N-ethyl adjacent to an activating group) is 1. The van der Waals surface area contributed by atoms with Gasteiger partial charge in [0, 0.05) is 12.1 Å². The average Bonchev–Trinajstić information content (AvgIpc) is 2.20. The minimum atomic E-state index is -1.05. The molecular formula is C12H23N3O3. The molecule has 0 aromatic carbocycles. The molecule has 1 rings (SSSR count). The molecule has 1 fully saturated rings.